The molecule has 3 fully saturated rings. The quantitative estimate of drug-likeness (QED) is 0.203. The largest absolute Gasteiger partial charge is 0.483 e. The smallest absolute Gasteiger partial charge is 0.305 e. The van der Waals surface area contributed by atoms with Gasteiger partial charge in [0.25, 0.3) is 5.91 Å². The van der Waals surface area contributed by atoms with E-state index in [0.717, 1.165) is 21.2 Å². The summed E-state index contributed by atoms with van der Waals surface area (Å²) in [7, 11) is 0. The maximum Gasteiger partial charge on any atom is 0.305 e. The Balaban J connectivity index is 1.13. The van der Waals surface area contributed by atoms with Gasteiger partial charge in [-0.25, -0.2) is 4.39 Å². The van der Waals surface area contributed by atoms with Crippen LogP contribution in [0.25, 0.3) is 0 Å². The fraction of sp³-hybridized carbons (Fsp3) is 0.273. The number of halogens is 4. The van der Waals surface area contributed by atoms with Crippen LogP contribution in [0.15, 0.2) is 70.5 Å². The standard InChI is InChI=1S/C33H23Cl3FN3O5S2/c34-13-1-8-22(45-12-23(41)38-15-4-7-20(35)21(36)10-15)17(9-13)24-25-18-11-19(28(25)46-30-29(24)47-33(44)39-30)27-26(18)31(42)40(32(27)43)16-5-2-14(37)3-6-16/h1-10,18-19,24-28H,11-12H2,(H,38,41)(H,39,44)/t18?,19?,24-,25?,26?,27?,28?/m1/s1. The molecule has 2 saturated carbocycles. The monoisotopic (exact) mass is 729 g/mol. The van der Waals surface area contributed by atoms with Crippen molar-refractivity contribution in [1.82, 2.24) is 4.98 Å². The van der Waals surface area contributed by atoms with Gasteiger partial charge in [0.15, 0.2) is 6.61 Å². The highest BCUT2D eigenvalue weighted by Gasteiger charge is 2.69. The van der Waals surface area contributed by atoms with Crippen LogP contribution < -0.4 is 19.8 Å². The van der Waals surface area contributed by atoms with Gasteiger partial charge in [0.2, 0.25) is 11.8 Å². The van der Waals surface area contributed by atoms with Gasteiger partial charge in [0.05, 0.1) is 32.6 Å². The second-order valence-electron chi connectivity index (χ2n) is 12.1. The van der Waals surface area contributed by atoms with Gasteiger partial charge in [-0.3, -0.25) is 24.1 Å². The first-order valence-electron chi connectivity index (χ1n) is 14.8. The van der Waals surface area contributed by atoms with E-state index in [1.807, 2.05) is 0 Å². The number of nitrogens with zero attached hydrogens (tertiary/aromatic N) is 1. The van der Waals surface area contributed by atoms with Crippen LogP contribution in [-0.4, -0.2) is 34.6 Å². The number of rotatable bonds is 6. The van der Waals surface area contributed by atoms with Crippen LogP contribution in [0, 0.1) is 35.4 Å². The third-order valence-corrected chi connectivity index (χ3v) is 13.2. The number of nitrogens with one attached hydrogen (secondary N) is 2. The molecule has 3 amide bonds. The average molecular weight is 731 g/mol. The van der Waals surface area contributed by atoms with E-state index in [4.69, 9.17) is 39.5 Å². The summed E-state index contributed by atoms with van der Waals surface area (Å²) < 4.78 is 19.8. The molecule has 6 unspecified atom stereocenters. The number of carbonyl (C=O) groups is 3. The molecule has 0 spiro atoms. The second kappa shape index (κ2) is 11.7. The third kappa shape index (κ3) is 5.09. The zero-order valence-corrected chi connectivity index (χ0v) is 27.9. The molecule has 3 aromatic carbocycles. The summed E-state index contributed by atoms with van der Waals surface area (Å²) in [6.45, 7) is -0.322. The van der Waals surface area contributed by atoms with Gasteiger partial charge in [-0.15, -0.1) is 11.8 Å². The Morgan fingerprint density at radius 1 is 0.957 bits per heavy atom. The predicted octanol–water partition coefficient (Wildman–Crippen LogP) is 7.23. The number of anilines is 2. The lowest BCUT2D eigenvalue weighted by molar-refractivity contribution is -0.123. The number of fused-ring (bicyclic) bond motifs is 9. The second-order valence-corrected chi connectivity index (χ2v) is 15.6. The summed E-state index contributed by atoms with van der Waals surface area (Å²) in [6, 6.07) is 15.3. The van der Waals surface area contributed by atoms with E-state index < -0.39 is 23.6 Å². The number of thioether (sulfide) groups is 1. The van der Waals surface area contributed by atoms with Gasteiger partial charge in [0.1, 0.15) is 11.6 Å². The molecule has 0 radical (unpaired) electrons. The summed E-state index contributed by atoms with van der Waals surface area (Å²) >= 11 is 21.3. The Morgan fingerprint density at radius 2 is 1.70 bits per heavy atom. The van der Waals surface area contributed by atoms with Crippen LogP contribution in [0.2, 0.25) is 15.1 Å². The van der Waals surface area contributed by atoms with Crippen LogP contribution in [0.3, 0.4) is 0 Å². The van der Waals surface area contributed by atoms with E-state index in [1.165, 1.54) is 29.2 Å². The number of imide groups is 1. The number of carbonyl (C=O) groups excluding carboxylic acids is 3. The van der Waals surface area contributed by atoms with E-state index in [1.54, 1.807) is 48.2 Å². The number of amides is 3. The lowest BCUT2D eigenvalue weighted by Gasteiger charge is -2.43. The summed E-state index contributed by atoms with van der Waals surface area (Å²) in [5.74, 6) is -2.83. The molecule has 14 heteroatoms. The van der Waals surface area contributed by atoms with Crippen molar-refractivity contribution in [2.75, 3.05) is 16.8 Å². The van der Waals surface area contributed by atoms with Gasteiger partial charge < -0.3 is 15.0 Å². The Labute approximate surface area is 290 Å². The van der Waals surface area contributed by atoms with Gasteiger partial charge >= 0.3 is 4.87 Å². The molecule has 2 aliphatic heterocycles. The highest BCUT2D eigenvalue weighted by Crippen LogP contribution is 2.69. The lowest BCUT2D eigenvalue weighted by Crippen LogP contribution is -2.42. The van der Waals surface area contributed by atoms with E-state index >= 15 is 0 Å². The number of ether oxygens (including phenoxy) is 1. The molecule has 240 valence electrons. The van der Waals surface area contributed by atoms with Crippen LogP contribution >= 0.6 is 57.9 Å². The van der Waals surface area contributed by atoms with Crippen molar-refractivity contribution in [1.29, 1.82) is 0 Å². The maximum atomic E-state index is 14.0. The topological polar surface area (TPSA) is 109 Å². The zero-order chi connectivity index (χ0) is 32.7. The minimum atomic E-state index is -0.542. The molecular weight excluding hydrogens is 708 g/mol. The molecule has 4 aliphatic rings. The zero-order valence-electron chi connectivity index (χ0n) is 24.0. The first-order chi connectivity index (χ1) is 22.6. The van der Waals surface area contributed by atoms with Gasteiger partial charge in [-0.1, -0.05) is 46.1 Å². The molecule has 2 N–H and O–H groups in total. The molecule has 4 aromatic rings. The van der Waals surface area contributed by atoms with Crippen molar-refractivity contribution in [3.63, 3.8) is 0 Å². The molecule has 8 nitrogen and oxygen atoms in total. The molecule has 1 aromatic heterocycles. The SMILES string of the molecule is O=C(COc1ccc(Cl)cc1[C@H]1c2sc(=O)[nH]c2SC2C3CC(C4C(=O)N(c5ccc(F)cc5)C(=O)C34)C21)Nc1ccc(Cl)c(Cl)c1. The molecular formula is C33H23Cl3FN3O5S2. The third-order valence-electron chi connectivity index (χ3n) is 9.68. The number of thiazole rings is 1. The number of aromatic amines is 1. The van der Waals surface area contributed by atoms with Gasteiger partial charge in [-0.2, -0.15) is 0 Å². The van der Waals surface area contributed by atoms with Crippen molar-refractivity contribution in [2.24, 2.45) is 29.6 Å². The molecule has 3 heterocycles. The number of hydrogen-bond donors (Lipinski definition) is 2. The van der Waals surface area contributed by atoms with Crippen LogP contribution in [0.4, 0.5) is 15.8 Å². The molecule has 7 atom stereocenters. The predicted molar refractivity (Wildman–Crippen MR) is 179 cm³/mol. The van der Waals surface area contributed by atoms with Gasteiger partial charge in [0, 0.05) is 32.3 Å². The minimum Gasteiger partial charge on any atom is -0.483 e. The molecule has 2 bridgehead atoms. The summed E-state index contributed by atoms with van der Waals surface area (Å²) in [5.41, 5.74) is 1.51. The number of H-pyrrole nitrogens is 1. The van der Waals surface area contributed by atoms with E-state index in [-0.39, 0.29) is 52.2 Å². The van der Waals surface area contributed by atoms with Gasteiger partial charge in [-0.05, 0) is 84.8 Å². The first kappa shape index (κ1) is 31.0. The van der Waals surface area contributed by atoms with Crippen molar-refractivity contribution < 1.29 is 23.5 Å². The summed E-state index contributed by atoms with van der Waals surface area (Å²) in [5, 5.41) is 4.51. The molecule has 2 aliphatic carbocycles. The summed E-state index contributed by atoms with van der Waals surface area (Å²) in [6.07, 6.45) is 0.685. The number of benzene rings is 3. The minimum absolute atomic E-state index is 0.0706. The fourth-order valence-electron chi connectivity index (χ4n) is 8.02. The van der Waals surface area contributed by atoms with Crippen LogP contribution in [-0.2, 0) is 14.4 Å². The van der Waals surface area contributed by atoms with E-state index in [2.05, 4.69) is 10.3 Å². The average Bonchev–Trinajstić information content (AvgIpc) is 3.78. The van der Waals surface area contributed by atoms with Crippen molar-refractivity contribution in [2.45, 2.75) is 22.6 Å². The number of hydrogen-bond acceptors (Lipinski definition) is 7. The Kier molecular flexibility index (Phi) is 7.68. The normalized spacial score (nSPS) is 27.1. The molecule has 1 saturated heterocycles. The Morgan fingerprint density at radius 3 is 2.45 bits per heavy atom. The van der Waals surface area contributed by atoms with Crippen LogP contribution in [0.5, 0.6) is 5.75 Å². The molecule has 8 rings (SSSR count). The Hall–Kier alpha value is -3.35. The highest BCUT2D eigenvalue weighted by atomic mass is 35.5. The van der Waals surface area contributed by atoms with Crippen molar-refractivity contribution in [3.8, 4) is 5.75 Å². The summed E-state index contributed by atoms with van der Waals surface area (Å²) in [4.78, 5) is 58.2. The van der Waals surface area contributed by atoms with Crippen molar-refractivity contribution in [3.05, 3.63) is 102 Å². The Bertz CT molecular complexity index is 2040. The number of aromatic nitrogens is 1. The van der Waals surface area contributed by atoms with Crippen molar-refractivity contribution >= 4 is 87.0 Å². The maximum absolute atomic E-state index is 14.0. The fourth-order valence-corrected chi connectivity index (χ4v) is 11.4. The van der Waals surface area contributed by atoms with E-state index in [0.29, 0.717) is 44.2 Å². The lowest BCUT2D eigenvalue weighted by atomic mass is 9.68. The molecule has 47 heavy (non-hydrogen) atoms. The first-order valence-corrected chi connectivity index (χ1v) is 17.6. The van der Waals surface area contributed by atoms with Crippen LogP contribution in [0.1, 0.15) is 22.8 Å². The van der Waals surface area contributed by atoms with E-state index in [9.17, 15) is 23.6 Å². The highest BCUT2D eigenvalue weighted by molar-refractivity contribution is 8.00.